The number of nitrogens with zero attached hydrogens (tertiary/aromatic N) is 1. The zero-order valence-corrected chi connectivity index (χ0v) is 10.7. The van der Waals surface area contributed by atoms with Crippen LogP contribution in [0.25, 0.3) is 0 Å². The quantitative estimate of drug-likeness (QED) is 0.694. The van der Waals surface area contributed by atoms with Gasteiger partial charge in [-0.2, -0.15) is 0 Å². The highest BCUT2D eigenvalue weighted by Gasteiger charge is 2.20. The van der Waals surface area contributed by atoms with Gasteiger partial charge in [-0.05, 0) is 36.4 Å². The molecule has 2 aromatic rings. The first-order chi connectivity index (χ1) is 9.47. The molecule has 0 aromatic heterocycles. The highest BCUT2D eigenvalue weighted by molar-refractivity contribution is 6.30. The van der Waals surface area contributed by atoms with Gasteiger partial charge in [0.25, 0.3) is 11.6 Å². The number of nitro benzene ring substituents is 1. The van der Waals surface area contributed by atoms with Crippen LogP contribution in [0.2, 0.25) is 5.02 Å². The normalized spacial score (nSPS) is 10.1. The average molecular weight is 295 g/mol. The second-order valence-electron chi connectivity index (χ2n) is 3.88. The van der Waals surface area contributed by atoms with Crippen LogP contribution < -0.4 is 5.32 Å². The monoisotopic (exact) mass is 294 g/mol. The van der Waals surface area contributed by atoms with E-state index in [4.69, 9.17) is 11.6 Å². The van der Waals surface area contributed by atoms with Crippen LogP contribution in [0.4, 0.5) is 15.8 Å². The lowest BCUT2D eigenvalue weighted by Gasteiger charge is -2.06. The van der Waals surface area contributed by atoms with Crippen molar-refractivity contribution in [2.75, 3.05) is 5.32 Å². The van der Waals surface area contributed by atoms with Gasteiger partial charge in [0, 0.05) is 16.8 Å². The lowest BCUT2D eigenvalue weighted by Crippen LogP contribution is -2.14. The first kappa shape index (κ1) is 14.0. The number of amides is 1. The van der Waals surface area contributed by atoms with Gasteiger partial charge in [0.2, 0.25) is 0 Å². The molecule has 0 spiro atoms. The number of carbonyl (C=O) groups excluding carboxylic acids is 1. The minimum Gasteiger partial charge on any atom is -0.322 e. The van der Waals surface area contributed by atoms with E-state index in [0.717, 1.165) is 18.2 Å². The van der Waals surface area contributed by atoms with Crippen molar-refractivity contribution in [3.05, 3.63) is 69.0 Å². The van der Waals surface area contributed by atoms with Crippen LogP contribution >= 0.6 is 11.6 Å². The number of hydrogen-bond donors (Lipinski definition) is 1. The molecule has 0 atom stereocenters. The minimum atomic E-state index is -0.765. The molecule has 0 unspecified atom stereocenters. The SMILES string of the molecule is O=C(Nc1ccc(Cl)cc1)c1cc(F)ccc1[N+](=O)[O-]. The number of nitro groups is 1. The van der Waals surface area contributed by atoms with Gasteiger partial charge in [0.05, 0.1) is 4.92 Å². The summed E-state index contributed by atoms with van der Waals surface area (Å²) in [4.78, 5) is 22.0. The van der Waals surface area contributed by atoms with Crippen molar-refractivity contribution in [3.63, 3.8) is 0 Å². The van der Waals surface area contributed by atoms with Crippen molar-refractivity contribution in [2.24, 2.45) is 0 Å². The van der Waals surface area contributed by atoms with E-state index in [9.17, 15) is 19.3 Å². The van der Waals surface area contributed by atoms with E-state index >= 15 is 0 Å². The Balaban J connectivity index is 2.31. The van der Waals surface area contributed by atoms with Crippen molar-refractivity contribution < 1.29 is 14.1 Å². The molecule has 0 saturated carbocycles. The summed E-state index contributed by atoms with van der Waals surface area (Å²) in [6.45, 7) is 0. The van der Waals surface area contributed by atoms with Crippen molar-refractivity contribution in [2.45, 2.75) is 0 Å². The molecule has 1 N–H and O–H groups in total. The lowest BCUT2D eigenvalue weighted by atomic mass is 10.1. The van der Waals surface area contributed by atoms with E-state index in [-0.39, 0.29) is 5.56 Å². The maximum absolute atomic E-state index is 13.1. The van der Waals surface area contributed by atoms with Gasteiger partial charge < -0.3 is 5.32 Å². The van der Waals surface area contributed by atoms with Crippen LogP contribution in [-0.2, 0) is 0 Å². The predicted octanol–water partition coefficient (Wildman–Crippen LogP) is 3.64. The van der Waals surface area contributed by atoms with E-state index in [2.05, 4.69) is 5.32 Å². The maximum Gasteiger partial charge on any atom is 0.282 e. The summed E-state index contributed by atoms with van der Waals surface area (Å²) in [5, 5.41) is 13.7. The Kier molecular flexibility index (Phi) is 3.95. The van der Waals surface area contributed by atoms with Gasteiger partial charge in [-0.15, -0.1) is 0 Å². The first-order valence-corrected chi connectivity index (χ1v) is 5.86. The average Bonchev–Trinajstić information content (AvgIpc) is 2.41. The van der Waals surface area contributed by atoms with Gasteiger partial charge in [0.1, 0.15) is 11.4 Å². The Labute approximate surface area is 118 Å². The third-order valence-corrected chi connectivity index (χ3v) is 2.75. The van der Waals surface area contributed by atoms with Gasteiger partial charge in [-0.1, -0.05) is 11.6 Å². The van der Waals surface area contributed by atoms with E-state index in [0.29, 0.717) is 10.7 Å². The van der Waals surface area contributed by atoms with Crippen LogP contribution in [0.15, 0.2) is 42.5 Å². The number of benzene rings is 2. The third-order valence-electron chi connectivity index (χ3n) is 2.50. The van der Waals surface area contributed by atoms with E-state index in [1.165, 1.54) is 12.1 Å². The van der Waals surface area contributed by atoms with Crippen LogP contribution in [-0.4, -0.2) is 10.8 Å². The number of nitrogens with one attached hydrogen (secondary N) is 1. The summed E-state index contributed by atoms with van der Waals surface area (Å²) in [5.74, 6) is -1.49. The Morgan fingerprint density at radius 1 is 1.20 bits per heavy atom. The second kappa shape index (κ2) is 5.66. The molecule has 1 amide bonds. The first-order valence-electron chi connectivity index (χ1n) is 5.48. The van der Waals surface area contributed by atoms with Crippen molar-refractivity contribution in [1.29, 1.82) is 0 Å². The molecular formula is C13H8ClFN2O3. The number of carbonyl (C=O) groups is 1. The smallest absolute Gasteiger partial charge is 0.282 e. The molecule has 2 aromatic carbocycles. The van der Waals surface area contributed by atoms with Gasteiger partial charge in [0.15, 0.2) is 0 Å². The van der Waals surface area contributed by atoms with Gasteiger partial charge >= 0.3 is 0 Å². The van der Waals surface area contributed by atoms with E-state index in [1.54, 1.807) is 12.1 Å². The van der Waals surface area contributed by atoms with Crippen LogP contribution in [0.5, 0.6) is 0 Å². The fourth-order valence-electron chi connectivity index (χ4n) is 1.58. The highest BCUT2D eigenvalue weighted by Crippen LogP contribution is 2.21. The van der Waals surface area contributed by atoms with Gasteiger partial charge in [-0.25, -0.2) is 4.39 Å². The molecule has 0 aliphatic heterocycles. The summed E-state index contributed by atoms with van der Waals surface area (Å²) in [6.07, 6.45) is 0. The Hall–Kier alpha value is -2.47. The number of hydrogen-bond acceptors (Lipinski definition) is 3. The molecule has 102 valence electrons. The summed E-state index contributed by atoms with van der Waals surface area (Å²) in [6, 6.07) is 8.87. The molecular weight excluding hydrogens is 287 g/mol. The molecule has 0 aliphatic carbocycles. The van der Waals surface area contributed by atoms with E-state index < -0.39 is 22.3 Å². The number of rotatable bonds is 3. The molecule has 0 heterocycles. The zero-order valence-electron chi connectivity index (χ0n) is 9.97. The number of halogens is 2. The highest BCUT2D eigenvalue weighted by atomic mass is 35.5. The Morgan fingerprint density at radius 3 is 2.45 bits per heavy atom. The van der Waals surface area contributed by atoms with Crippen molar-refractivity contribution in [1.82, 2.24) is 0 Å². The molecule has 0 bridgehead atoms. The van der Waals surface area contributed by atoms with Crippen LogP contribution in [0.1, 0.15) is 10.4 Å². The molecule has 7 heteroatoms. The molecule has 2 rings (SSSR count). The molecule has 0 radical (unpaired) electrons. The summed E-state index contributed by atoms with van der Waals surface area (Å²) in [5.41, 5.74) is -0.402. The standard InChI is InChI=1S/C13H8ClFN2O3/c14-8-1-4-10(5-2-8)16-13(18)11-7-9(15)3-6-12(11)17(19)20/h1-7H,(H,16,18). The summed E-state index contributed by atoms with van der Waals surface area (Å²) in [7, 11) is 0. The lowest BCUT2D eigenvalue weighted by molar-refractivity contribution is -0.385. The maximum atomic E-state index is 13.1. The fraction of sp³-hybridized carbons (Fsp3) is 0. The Morgan fingerprint density at radius 2 is 1.85 bits per heavy atom. The fourth-order valence-corrected chi connectivity index (χ4v) is 1.71. The number of anilines is 1. The van der Waals surface area contributed by atoms with E-state index in [1.807, 2.05) is 0 Å². The second-order valence-corrected chi connectivity index (χ2v) is 4.32. The van der Waals surface area contributed by atoms with Crippen molar-refractivity contribution in [3.8, 4) is 0 Å². The van der Waals surface area contributed by atoms with Crippen molar-refractivity contribution >= 4 is 28.9 Å². The largest absolute Gasteiger partial charge is 0.322 e. The molecule has 20 heavy (non-hydrogen) atoms. The van der Waals surface area contributed by atoms with Crippen LogP contribution in [0, 0.1) is 15.9 Å². The zero-order chi connectivity index (χ0) is 14.7. The predicted molar refractivity (Wildman–Crippen MR) is 72.5 cm³/mol. The summed E-state index contributed by atoms with van der Waals surface area (Å²) < 4.78 is 13.1. The molecule has 5 nitrogen and oxygen atoms in total. The third kappa shape index (κ3) is 3.10. The molecule has 0 fully saturated rings. The molecule has 0 saturated heterocycles. The van der Waals surface area contributed by atoms with Gasteiger partial charge in [-0.3, -0.25) is 14.9 Å². The van der Waals surface area contributed by atoms with Crippen LogP contribution in [0.3, 0.4) is 0 Å². The summed E-state index contributed by atoms with van der Waals surface area (Å²) >= 11 is 5.70. The Bertz CT molecular complexity index is 674. The minimum absolute atomic E-state index is 0.343. The topological polar surface area (TPSA) is 72.2 Å². The molecule has 0 aliphatic rings.